The maximum absolute atomic E-state index is 13.6. The van der Waals surface area contributed by atoms with Crippen LogP contribution in [-0.2, 0) is 0 Å². The summed E-state index contributed by atoms with van der Waals surface area (Å²) < 4.78 is 6.13. The number of benzene rings is 1. The van der Waals surface area contributed by atoms with Crippen molar-refractivity contribution < 1.29 is 9.53 Å². The topological polar surface area (TPSA) is 96.9 Å². The third-order valence-corrected chi connectivity index (χ3v) is 5.74. The van der Waals surface area contributed by atoms with Crippen LogP contribution in [0.2, 0.25) is 0 Å². The van der Waals surface area contributed by atoms with Crippen LogP contribution >= 0.6 is 0 Å². The van der Waals surface area contributed by atoms with Gasteiger partial charge in [-0.15, -0.1) is 0 Å². The van der Waals surface area contributed by atoms with E-state index in [9.17, 15) is 10.1 Å². The van der Waals surface area contributed by atoms with Gasteiger partial charge in [-0.3, -0.25) is 4.79 Å². The number of aromatic nitrogens is 4. The van der Waals surface area contributed by atoms with E-state index in [1.807, 2.05) is 36.9 Å². The summed E-state index contributed by atoms with van der Waals surface area (Å²) in [6, 6.07) is 9.53. The quantitative estimate of drug-likeness (QED) is 0.648. The van der Waals surface area contributed by atoms with Gasteiger partial charge in [0.05, 0.1) is 36.1 Å². The molecule has 4 rings (SSSR count). The highest BCUT2D eigenvalue weighted by Crippen LogP contribution is 2.27. The molecule has 2 aromatic heterocycles. The maximum Gasteiger partial charge on any atom is 0.256 e. The number of hydrogen-bond donors (Lipinski definition) is 0. The highest BCUT2D eigenvalue weighted by Gasteiger charge is 2.32. The molecule has 1 aliphatic rings. The minimum atomic E-state index is -0.198. The molecule has 1 unspecified atom stereocenters. The summed E-state index contributed by atoms with van der Waals surface area (Å²) >= 11 is 0. The van der Waals surface area contributed by atoms with Gasteiger partial charge in [0.25, 0.3) is 5.91 Å². The molecule has 0 bridgehead atoms. The van der Waals surface area contributed by atoms with E-state index < -0.39 is 0 Å². The molecule has 1 amide bonds. The van der Waals surface area contributed by atoms with Crippen LogP contribution in [0.4, 0.5) is 0 Å². The Morgan fingerprint density at radius 1 is 1.16 bits per heavy atom. The molecule has 1 aliphatic heterocycles. The molecule has 0 spiro atoms. The largest absolute Gasteiger partial charge is 0.472 e. The number of piperidine rings is 1. The van der Waals surface area contributed by atoms with E-state index in [0.717, 1.165) is 18.4 Å². The number of rotatable bonds is 4. The zero-order valence-electron chi connectivity index (χ0n) is 17.8. The third kappa shape index (κ3) is 3.99. The van der Waals surface area contributed by atoms with E-state index in [0.29, 0.717) is 34.8 Å². The highest BCUT2D eigenvalue weighted by atomic mass is 16.5. The van der Waals surface area contributed by atoms with Crippen LogP contribution in [0.3, 0.4) is 0 Å². The van der Waals surface area contributed by atoms with Crippen LogP contribution in [0.5, 0.6) is 5.88 Å². The van der Waals surface area contributed by atoms with Crippen LogP contribution in [-0.4, -0.2) is 49.5 Å². The van der Waals surface area contributed by atoms with Crippen LogP contribution in [0.15, 0.2) is 42.9 Å². The van der Waals surface area contributed by atoms with Crippen LogP contribution in [0.1, 0.15) is 46.8 Å². The third-order valence-electron chi connectivity index (χ3n) is 5.74. The van der Waals surface area contributed by atoms with E-state index in [4.69, 9.17) is 4.74 Å². The monoisotopic (exact) mass is 416 g/mol. The van der Waals surface area contributed by atoms with Gasteiger partial charge in [-0.25, -0.2) is 4.98 Å². The molecule has 0 saturated carbocycles. The van der Waals surface area contributed by atoms with Crippen molar-refractivity contribution in [1.82, 2.24) is 24.9 Å². The van der Waals surface area contributed by atoms with Gasteiger partial charge >= 0.3 is 0 Å². The van der Waals surface area contributed by atoms with E-state index in [1.54, 1.807) is 24.7 Å². The fourth-order valence-electron chi connectivity index (χ4n) is 3.95. The molecule has 8 heteroatoms. The normalized spacial score (nSPS) is 18.5. The molecule has 8 nitrogen and oxygen atoms in total. The van der Waals surface area contributed by atoms with Crippen LogP contribution < -0.4 is 4.74 Å². The molecular formula is C23H24N6O2. The Balaban J connectivity index is 1.60. The highest BCUT2D eigenvalue weighted by molar-refractivity contribution is 5.98. The molecule has 31 heavy (non-hydrogen) atoms. The summed E-state index contributed by atoms with van der Waals surface area (Å²) in [5, 5.41) is 17.7. The van der Waals surface area contributed by atoms with Gasteiger partial charge in [-0.2, -0.15) is 20.3 Å². The Morgan fingerprint density at radius 2 is 1.94 bits per heavy atom. The first-order valence-electron chi connectivity index (χ1n) is 10.3. The average molecular weight is 416 g/mol. The lowest BCUT2D eigenvalue weighted by Crippen LogP contribution is -2.49. The first-order valence-corrected chi connectivity index (χ1v) is 10.3. The van der Waals surface area contributed by atoms with Gasteiger partial charge in [-0.05, 0) is 51.3 Å². The Morgan fingerprint density at radius 3 is 2.68 bits per heavy atom. The second-order valence-electron chi connectivity index (χ2n) is 7.81. The maximum atomic E-state index is 13.6. The number of aryl methyl sites for hydroxylation is 1. The lowest BCUT2D eigenvalue weighted by molar-refractivity contribution is 0.0370. The molecule has 3 heterocycles. The Kier molecular flexibility index (Phi) is 5.67. The van der Waals surface area contributed by atoms with Gasteiger partial charge in [0.1, 0.15) is 11.8 Å². The lowest BCUT2D eigenvalue weighted by atomic mass is 9.98. The summed E-state index contributed by atoms with van der Waals surface area (Å²) in [6.07, 6.45) is 6.19. The van der Waals surface area contributed by atoms with Crippen molar-refractivity contribution in [3.63, 3.8) is 0 Å². The van der Waals surface area contributed by atoms with Crippen molar-refractivity contribution in [1.29, 1.82) is 5.26 Å². The van der Waals surface area contributed by atoms with Gasteiger partial charge in [0.2, 0.25) is 5.88 Å². The number of likely N-dealkylation sites (tertiary alicyclic amines) is 1. The molecule has 158 valence electrons. The lowest BCUT2D eigenvalue weighted by Gasteiger charge is -2.38. The Bertz CT molecular complexity index is 1140. The Labute approximate surface area is 181 Å². The van der Waals surface area contributed by atoms with Gasteiger partial charge in [0, 0.05) is 17.8 Å². The summed E-state index contributed by atoms with van der Waals surface area (Å²) in [5.74, 6) is 0.371. The number of carbonyl (C=O) groups excluding carboxylic acids is 1. The Hall–Kier alpha value is -3.73. The van der Waals surface area contributed by atoms with Crippen molar-refractivity contribution in [3.05, 3.63) is 65.1 Å². The first-order chi connectivity index (χ1) is 15.0. The van der Waals surface area contributed by atoms with Crippen molar-refractivity contribution in [2.24, 2.45) is 0 Å². The fraction of sp³-hybridized carbons (Fsp3) is 0.348. The summed E-state index contributed by atoms with van der Waals surface area (Å²) in [6.45, 7) is 6.26. The molecule has 1 saturated heterocycles. The molecule has 0 aliphatic carbocycles. The molecule has 2 atom stereocenters. The number of nitriles is 1. The minimum Gasteiger partial charge on any atom is -0.472 e. The number of carbonyl (C=O) groups is 1. The van der Waals surface area contributed by atoms with Gasteiger partial charge in [0.15, 0.2) is 0 Å². The zero-order chi connectivity index (χ0) is 22.0. The summed E-state index contributed by atoms with van der Waals surface area (Å²) in [4.78, 5) is 21.2. The molecule has 1 aromatic carbocycles. The molecular weight excluding hydrogens is 392 g/mol. The number of pyridine rings is 1. The number of amides is 1. The summed E-state index contributed by atoms with van der Waals surface area (Å²) in [7, 11) is 0. The van der Waals surface area contributed by atoms with E-state index in [-0.39, 0.29) is 18.1 Å². The van der Waals surface area contributed by atoms with Crippen molar-refractivity contribution in [2.75, 3.05) is 6.54 Å². The number of hydrogen-bond acceptors (Lipinski definition) is 6. The predicted molar refractivity (Wildman–Crippen MR) is 114 cm³/mol. The zero-order valence-corrected chi connectivity index (χ0v) is 17.8. The molecule has 1 fully saturated rings. The number of nitrogens with zero attached hydrogens (tertiary/aromatic N) is 6. The second kappa shape index (κ2) is 8.56. The van der Waals surface area contributed by atoms with Crippen LogP contribution in [0, 0.1) is 25.2 Å². The van der Waals surface area contributed by atoms with E-state index >= 15 is 0 Å². The summed E-state index contributed by atoms with van der Waals surface area (Å²) in [5.41, 5.74) is 3.43. The second-order valence-corrected chi connectivity index (χ2v) is 7.81. The van der Waals surface area contributed by atoms with Gasteiger partial charge in [-0.1, -0.05) is 12.1 Å². The predicted octanol–water partition coefficient (Wildman–Crippen LogP) is 3.22. The van der Waals surface area contributed by atoms with Crippen molar-refractivity contribution in [3.8, 4) is 17.6 Å². The van der Waals surface area contributed by atoms with Crippen LogP contribution in [0.25, 0.3) is 5.69 Å². The molecule has 0 N–H and O–H groups in total. The van der Waals surface area contributed by atoms with E-state index in [1.165, 1.54) is 4.80 Å². The smallest absolute Gasteiger partial charge is 0.256 e. The van der Waals surface area contributed by atoms with Gasteiger partial charge < -0.3 is 9.64 Å². The molecule has 0 radical (unpaired) electrons. The van der Waals surface area contributed by atoms with Crippen molar-refractivity contribution in [2.45, 2.75) is 45.8 Å². The standard InChI is InChI=1S/C23H24N6O2/c1-15-5-4-6-20(21(15)29-26-11-12-27-29)23(30)28-14-19(8-7-16(28)2)31-22-17(3)18(13-24)9-10-25-22/h4-6,9-12,16,19H,7-8,14H2,1-3H3/t16-,19?/m1/s1. The number of ether oxygens (including phenoxy) is 1. The van der Waals surface area contributed by atoms with E-state index in [2.05, 4.69) is 28.2 Å². The first kappa shape index (κ1) is 20.5. The average Bonchev–Trinajstić information content (AvgIpc) is 3.30. The SMILES string of the molecule is Cc1cccc(C(=O)N2CC(Oc3nccc(C#N)c3C)CC[C@H]2C)c1-n1nccn1. The fourth-order valence-corrected chi connectivity index (χ4v) is 3.95. The molecule has 3 aromatic rings. The van der Waals surface area contributed by atoms with Crippen molar-refractivity contribution >= 4 is 5.91 Å². The minimum absolute atomic E-state index is 0.0748. The number of para-hydroxylation sites is 1.